The number of hydrogen-bond donors (Lipinski definition) is 1. The van der Waals surface area contributed by atoms with Crippen molar-refractivity contribution in [2.45, 2.75) is 18.9 Å². The van der Waals surface area contributed by atoms with E-state index in [1.807, 2.05) is 18.4 Å². The van der Waals surface area contributed by atoms with Crippen LogP contribution in [0.2, 0.25) is 0 Å². The van der Waals surface area contributed by atoms with Crippen molar-refractivity contribution < 1.29 is 4.74 Å². The highest BCUT2D eigenvalue weighted by molar-refractivity contribution is 7.10. The van der Waals surface area contributed by atoms with Crippen molar-refractivity contribution in [3.63, 3.8) is 0 Å². The maximum absolute atomic E-state index is 5.40. The van der Waals surface area contributed by atoms with Crippen molar-refractivity contribution in [1.82, 2.24) is 5.32 Å². The smallest absolute Gasteiger partial charge is 0.0495 e. The molecule has 1 aromatic heterocycles. The Morgan fingerprint density at radius 2 is 2.64 bits per heavy atom. The van der Waals surface area contributed by atoms with Crippen LogP contribution in [0.4, 0.5) is 0 Å². The third kappa shape index (κ3) is 2.35. The summed E-state index contributed by atoms with van der Waals surface area (Å²) in [6, 6.07) is 4.85. The Kier molecular flexibility index (Phi) is 3.56. The number of thiophene rings is 1. The van der Waals surface area contributed by atoms with Gasteiger partial charge in [-0.25, -0.2) is 0 Å². The van der Waals surface area contributed by atoms with Crippen LogP contribution in [0.15, 0.2) is 17.5 Å². The van der Waals surface area contributed by atoms with Crippen molar-refractivity contribution in [2.75, 3.05) is 20.3 Å². The standard InChI is InChI=1S/C11H17NOS/c1-12-10(11-3-2-6-14-11)7-9-4-5-13-8-9/h2-3,6,9-10,12H,4-5,7-8H2,1H3. The zero-order valence-corrected chi connectivity index (χ0v) is 9.35. The molecule has 1 aromatic rings. The molecule has 1 saturated heterocycles. The Balaban J connectivity index is 1.93. The van der Waals surface area contributed by atoms with Gasteiger partial charge in [0.25, 0.3) is 0 Å². The molecule has 3 heteroatoms. The largest absolute Gasteiger partial charge is 0.381 e. The molecule has 14 heavy (non-hydrogen) atoms. The van der Waals surface area contributed by atoms with Gasteiger partial charge in [0, 0.05) is 24.1 Å². The van der Waals surface area contributed by atoms with Gasteiger partial charge in [0.1, 0.15) is 0 Å². The summed E-state index contributed by atoms with van der Waals surface area (Å²) in [5.41, 5.74) is 0. The van der Waals surface area contributed by atoms with Crippen LogP contribution in [-0.2, 0) is 4.74 Å². The molecule has 2 heterocycles. The van der Waals surface area contributed by atoms with Gasteiger partial charge in [0.2, 0.25) is 0 Å². The highest BCUT2D eigenvalue weighted by Crippen LogP contribution is 2.28. The van der Waals surface area contributed by atoms with Crippen LogP contribution in [0, 0.1) is 5.92 Å². The molecule has 2 unspecified atom stereocenters. The van der Waals surface area contributed by atoms with Crippen LogP contribution >= 0.6 is 11.3 Å². The van der Waals surface area contributed by atoms with Gasteiger partial charge in [-0.2, -0.15) is 0 Å². The van der Waals surface area contributed by atoms with Crippen LogP contribution in [-0.4, -0.2) is 20.3 Å². The highest BCUT2D eigenvalue weighted by atomic mass is 32.1. The van der Waals surface area contributed by atoms with Crippen LogP contribution in [0.1, 0.15) is 23.8 Å². The minimum absolute atomic E-state index is 0.515. The Morgan fingerprint density at radius 3 is 3.21 bits per heavy atom. The van der Waals surface area contributed by atoms with Gasteiger partial charge < -0.3 is 10.1 Å². The molecule has 0 spiro atoms. The van der Waals surface area contributed by atoms with E-state index in [-0.39, 0.29) is 0 Å². The molecule has 2 atom stereocenters. The summed E-state index contributed by atoms with van der Waals surface area (Å²) < 4.78 is 5.40. The summed E-state index contributed by atoms with van der Waals surface area (Å²) in [4.78, 5) is 1.44. The minimum Gasteiger partial charge on any atom is -0.381 e. The zero-order valence-electron chi connectivity index (χ0n) is 8.53. The van der Waals surface area contributed by atoms with Crippen LogP contribution in [0.25, 0.3) is 0 Å². The average molecular weight is 211 g/mol. The molecular weight excluding hydrogens is 194 g/mol. The lowest BCUT2D eigenvalue weighted by molar-refractivity contribution is 0.182. The topological polar surface area (TPSA) is 21.3 Å². The predicted octanol–water partition coefficient (Wildman–Crippen LogP) is 2.44. The van der Waals surface area contributed by atoms with Crippen molar-refractivity contribution in [2.24, 2.45) is 5.92 Å². The van der Waals surface area contributed by atoms with E-state index < -0.39 is 0 Å². The van der Waals surface area contributed by atoms with Gasteiger partial charge in [-0.15, -0.1) is 11.3 Å². The number of nitrogens with one attached hydrogen (secondary N) is 1. The third-order valence-electron chi connectivity index (χ3n) is 2.83. The molecule has 2 rings (SSSR count). The first-order valence-corrected chi connectivity index (χ1v) is 6.06. The maximum atomic E-state index is 5.40. The molecule has 1 aliphatic heterocycles. The molecule has 0 aliphatic carbocycles. The van der Waals surface area contributed by atoms with E-state index in [0.717, 1.165) is 19.1 Å². The Morgan fingerprint density at radius 1 is 1.71 bits per heavy atom. The second kappa shape index (κ2) is 4.91. The van der Waals surface area contributed by atoms with Gasteiger partial charge in [-0.1, -0.05) is 6.07 Å². The van der Waals surface area contributed by atoms with E-state index in [0.29, 0.717) is 6.04 Å². The second-order valence-electron chi connectivity index (χ2n) is 3.82. The molecule has 0 radical (unpaired) electrons. The average Bonchev–Trinajstić information content (AvgIpc) is 2.86. The van der Waals surface area contributed by atoms with Crippen molar-refractivity contribution >= 4 is 11.3 Å². The molecule has 2 nitrogen and oxygen atoms in total. The normalized spacial score (nSPS) is 23.9. The number of rotatable bonds is 4. The third-order valence-corrected chi connectivity index (χ3v) is 3.81. The summed E-state index contributed by atoms with van der Waals surface area (Å²) in [5.74, 6) is 0.745. The molecule has 0 bridgehead atoms. The molecule has 0 aromatic carbocycles. The van der Waals surface area contributed by atoms with E-state index >= 15 is 0 Å². The fourth-order valence-electron chi connectivity index (χ4n) is 1.97. The Labute approximate surface area is 89.3 Å². The van der Waals surface area contributed by atoms with Gasteiger partial charge in [-0.05, 0) is 37.3 Å². The zero-order chi connectivity index (χ0) is 9.80. The first-order valence-electron chi connectivity index (χ1n) is 5.18. The number of ether oxygens (including phenoxy) is 1. The Hall–Kier alpha value is -0.380. The summed E-state index contributed by atoms with van der Waals surface area (Å²) in [7, 11) is 2.04. The van der Waals surface area contributed by atoms with E-state index in [1.54, 1.807) is 0 Å². The van der Waals surface area contributed by atoms with Crippen molar-refractivity contribution in [3.05, 3.63) is 22.4 Å². The van der Waals surface area contributed by atoms with Crippen molar-refractivity contribution in [1.29, 1.82) is 0 Å². The highest BCUT2D eigenvalue weighted by Gasteiger charge is 2.21. The molecule has 1 fully saturated rings. The predicted molar refractivity (Wildman–Crippen MR) is 59.7 cm³/mol. The second-order valence-corrected chi connectivity index (χ2v) is 4.80. The molecule has 78 valence electrons. The van der Waals surface area contributed by atoms with Crippen LogP contribution in [0.3, 0.4) is 0 Å². The van der Waals surface area contributed by atoms with Crippen LogP contribution in [0.5, 0.6) is 0 Å². The monoisotopic (exact) mass is 211 g/mol. The summed E-state index contributed by atoms with van der Waals surface area (Å²) >= 11 is 1.84. The molecule has 1 N–H and O–H groups in total. The first-order chi connectivity index (χ1) is 6.90. The lowest BCUT2D eigenvalue weighted by Gasteiger charge is -2.17. The van der Waals surface area contributed by atoms with Gasteiger partial charge in [0.05, 0.1) is 0 Å². The number of hydrogen-bond acceptors (Lipinski definition) is 3. The fourth-order valence-corrected chi connectivity index (χ4v) is 2.82. The summed E-state index contributed by atoms with van der Waals surface area (Å²) in [6.45, 7) is 1.90. The molecule has 0 saturated carbocycles. The minimum atomic E-state index is 0.515. The lowest BCUT2D eigenvalue weighted by Crippen LogP contribution is -2.19. The fraction of sp³-hybridized carbons (Fsp3) is 0.636. The van der Waals surface area contributed by atoms with E-state index in [4.69, 9.17) is 4.74 Å². The lowest BCUT2D eigenvalue weighted by atomic mass is 9.98. The molecule has 1 aliphatic rings. The maximum Gasteiger partial charge on any atom is 0.0495 e. The first kappa shape index (κ1) is 10.1. The van der Waals surface area contributed by atoms with E-state index in [2.05, 4.69) is 22.8 Å². The van der Waals surface area contributed by atoms with E-state index in [1.165, 1.54) is 17.7 Å². The van der Waals surface area contributed by atoms with Gasteiger partial charge >= 0.3 is 0 Å². The summed E-state index contributed by atoms with van der Waals surface area (Å²) in [5, 5.41) is 5.53. The molecular formula is C11H17NOS. The van der Waals surface area contributed by atoms with E-state index in [9.17, 15) is 0 Å². The molecule has 0 amide bonds. The van der Waals surface area contributed by atoms with Crippen molar-refractivity contribution in [3.8, 4) is 0 Å². The van der Waals surface area contributed by atoms with Gasteiger partial charge in [-0.3, -0.25) is 0 Å². The summed E-state index contributed by atoms with van der Waals surface area (Å²) in [6.07, 6.45) is 2.43. The van der Waals surface area contributed by atoms with Crippen LogP contribution < -0.4 is 5.32 Å². The van der Waals surface area contributed by atoms with Gasteiger partial charge in [0.15, 0.2) is 0 Å². The quantitative estimate of drug-likeness (QED) is 0.826. The Bertz CT molecular complexity index is 254. The SMILES string of the molecule is CNC(CC1CCOC1)c1cccs1.